The fourth-order valence-corrected chi connectivity index (χ4v) is 2.40. The van der Waals surface area contributed by atoms with E-state index in [9.17, 15) is 14.7 Å². The number of nitrogens with one attached hydrogen (secondary N) is 1. The van der Waals surface area contributed by atoms with Crippen molar-refractivity contribution in [1.29, 1.82) is 0 Å². The Hall–Kier alpha value is -2.04. The number of carbonyl (C=O) groups is 2. The molecule has 0 aliphatic heterocycles. The molecular weight excluding hydrogens is 258 g/mol. The number of rotatable bonds is 5. The summed E-state index contributed by atoms with van der Waals surface area (Å²) in [6.45, 7) is 3.64. The summed E-state index contributed by atoms with van der Waals surface area (Å²) in [7, 11) is 0. The summed E-state index contributed by atoms with van der Waals surface area (Å²) in [4.78, 5) is 23.2. The van der Waals surface area contributed by atoms with Crippen LogP contribution in [0, 0.1) is 11.8 Å². The number of ether oxygens (including phenoxy) is 1. The zero-order chi connectivity index (χ0) is 14.8. The summed E-state index contributed by atoms with van der Waals surface area (Å²) < 4.78 is 5.07. The number of alkyl carbamates (subject to hydrolysis) is 1. The second-order valence-corrected chi connectivity index (χ2v) is 5.51. The van der Waals surface area contributed by atoms with E-state index in [0.717, 1.165) is 12.0 Å². The van der Waals surface area contributed by atoms with Crippen molar-refractivity contribution in [3.8, 4) is 0 Å². The van der Waals surface area contributed by atoms with Crippen LogP contribution in [0.4, 0.5) is 4.79 Å². The fraction of sp³-hybridized carbons (Fsp3) is 0.467. The highest BCUT2D eigenvalue weighted by Gasteiger charge is 2.53. The third-order valence-corrected chi connectivity index (χ3v) is 3.87. The zero-order valence-corrected chi connectivity index (χ0v) is 11.6. The topological polar surface area (TPSA) is 75.6 Å². The summed E-state index contributed by atoms with van der Waals surface area (Å²) in [5.74, 6) is -0.752. The maximum Gasteiger partial charge on any atom is 0.408 e. The van der Waals surface area contributed by atoms with Gasteiger partial charge >= 0.3 is 12.1 Å². The Morgan fingerprint density at radius 2 is 2.00 bits per heavy atom. The lowest BCUT2D eigenvalue weighted by Gasteiger charge is -2.26. The first kappa shape index (κ1) is 14.4. The van der Waals surface area contributed by atoms with Gasteiger partial charge in [0, 0.05) is 0 Å². The fourth-order valence-electron chi connectivity index (χ4n) is 2.40. The van der Waals surface area contributed by atoms with E-state index in [-0.39, 0.29) is 12.5 Å². The highest BCUT2D eigenvalue weighted by Crippen LogP contribution is 2.46. The molecule has 1 aliphatic rings. The van der Waals surface area contributed by atoms with E-state index in [4.69, 9.17) is 4.74 Å². The third kappa shape index (κ3) is 3.10. The van der Waals surface area contributed by atoms with Crippen molar-refractivity contribution < 1.29 is 19.4 Å². The number of amides is 1. The van der Waals surface area contributed by atoms with Crippen LogP contribution in [0.25, 0.3) is 0 Å². The van der Waals surface area contributed by atoms with E-state index in [0.29, 0.717) is 5.92 Å². The molecule has 0 heterocycles. The van der Waals surface area contributed by atoms with Crippen molar-refractivity contribution in [3.05, 3.63) is 35.9 Å². The molecule has 108 valence electrons. The van der Waals surface area contributed by atoms with Crippen LogP contribution in [0.15, 0.2) is 30.3 Å². The lowest BCUT2D eigenvalue weighted by Crippen LogP contribution is -2.54. The van der Waals surface area contributed by atoms with E-state index < -0.39 is 17.6 Å². The minimum absolute atomic E-state index is 0.0377. The van der Waals surface area contributed by atoms with E-state index >= 15 is 0 Å². The van der Waals surface area contributed by atoms with Gasteiger partial charge in [-0.1, -0.05) is 37.3 Å². The second kappa shape index (κ2) is 5.53. The standard InChI is InChI=1S/C15H19NO4/c1-10-8-12(10)15(2,13(17)18)16-14(19)20-9-11-6-4-3-5-7-11/h3-7,10,12H,8-9H2,1-2H3,(H,16,19)(H,17,18). The number of carboxylic acids is 1. The van der Waals surface area contributed by atoms with Gasteiger partial charge in [0.15, 0.2) is 0 Å². The van der Waals surface area contributed by atoms with Gasteiger partial charge in [0.2, 0.25) is 0 Å². The van der Waals surface area contributed by atoms with E-state index in [1.54, 1.807) is 0 Å². The van der Waals surface area contributed by atoms with Gasteiger partial charge in [-0.25, -0.2) is 9.59 Å². The minimum Gasteiger partial charge on any atom is -0.480 e. The molecule has 1 aromatic rings. The van der Waals surface area contributed by atoms with Crippen LogP contribution >= 0.6 is 0 Å². The number of hydrogen-bond donors (Lipinski definition) is 2. The van der Waals surface area contributed by atoms with Crippen molar-refractivity contribution >= 4 is 12.1 Å². The Bertz CT molecular complexity index is 502. The monoisotopic (exact) mass is 277 g/mol. The smallest absolute Gasteiger partial charge is 0.408 e. The molecule has 0 aromatic heterocycles. The molecule has 2 rings (SSSR count). The van der Waals surface area contributed by atoms with Gasteiger partial charge in [-0.05, 0) is 30.7 Å². The summed E-state index contributed by atoms with van der Waals surface area (Å²) in [6.07, 6.45) is 0.111. The molecule has 0 bridgehead atoms. The number of carboxylic acid groups (broad SMARTS) is 1. The summed E-state index contributed by atoms with van der Waals surface area (Å²) >= 11 is 0. The Morgan fingerprint density at radius 3 is 2.50 bits per heavy atom. The molecule has 1 saturated carbocycles. The minimum atomic E-state index is -1.26. The van der Waals surface area contributed by atoms with Crippen LogP contribution in [-0.2, 0) is 16.1 Å². The lowest BCUT2D eigenvalue weighted by atomic mass is 9.95. The number of aliphatic carboxylic acids is 1. The lowest BCUT2D eigenvalue weighted by molar-refractivity contribution is -0.145. The molecule has 0 saturated heterocycles. The Labute approximate surface area is 117 Å². The van der Waals surface area contributed by atoms with Crippen molar-refractivity contribution in [3.63, 3.8) is 0 Å². The predicted molar refractivity (Wildman–Crippen MR) is 73.1 cm³/mol. The SMILES string of the molecule is CC1CC1C(C)(NC(=O)OCc1ccccc1)C(=O)O. The van der Waals surface area contributed by atoms with E-state index in [1.165, 1.54) is 6.92 Å². The molecule has 3 atom stereocenters. The van der Waals surface area contributed by atoms with Gasteiger partial charge < -0.3 is 15.2 Å². The van der Waals surface area contributed by atoms with Gasteiger partial charge in [0.25, 0.3) is 0 Å². The van der Waals surface area contributed by atoms with Gasteiger partial charge in [-0.15, -0.1) is 0 Å². The Morgan fingerprint density at radius 1 is 1.40 bits per heavy atom. The number of carbonyl (C=O) groups excluding carboxylic acids is 1. The molecule has 0 spiro atoms. The largest absolute Gasteiger partial charge is 0.480 e. The maximum absolute atomic E-state index is 11.8. The van der Waals surface area contributed by atoms with Crippen molar-refractivity contribution in [2.75, 3.05) is 0 Å². The highest BCUT2D eigenvalue weighted by molar-refractivity contribution is 5.84. The first-order chi connectivity index (χ1) is 9.43. The zero-order valence-electron chi connectivity index (χ0n) is 11.6. The van der Waals surface area contributed by atoms with Crippen molar-refractivity contribution in [2.24, 2.45) is 11.8 Å². The quantitative estimate of drug-likeness (QED) is 0.866. The highest BCUT2D eigenvalue weighted by atomic mass is 16.5. The molecule has 1 aliphatic carbocycles. The third-order valence-electron chi connectivity index (χ3n) is 3.87. The molecule has 5 heteroatoms. The first-order valence-corrected chi connectivity index (χ1v) is 6.65. The normalized spacial score (nSPS) is 23.5. The number of benzene rings is 1. The molecule has 1 fully saturated rings. The average molecular weight is 277 g/mol. The molecule has 1 amide bonds. The van der Waals surface area contributed by atoms with Gasteiger partial charge in [-0.2, -0.15) is 0 Å². The molecule has 5 nitrogen and oxygen atoms in total. The van der Waals surface area contributed by atoms with Crippen LogP contribution in [0.2, 0.25) is 0 Å². The molecule has 2 N–H and O–H groups in total. The molecule has 0 radical (unpaired) electrons. The summed E-state index contributed by atoms with van der Waals surface area (Å²) in [5.41, 5.74) is -0.396. The van der Waals surface area contributed by atoms with Crippen LogP contribution < -0.4 is 5.32 Å². The van der Waals surface area contributed by atoms with E-state index in [1.807, 2.05) is 37.3 Å². The predicted octanol–water partition coefficient (Wildman–Crippen LogP) is 2.41. The first-order valence-electron chi connectivity index (χ1n) is 6.65. The van der Waals surface area contributed by atoms with Gasteiger partial charge in [0.1, 0.15) is 12.1 Å². The van der Waals surface area contributed by atoms with E-state index in [2.05, 4.69) is 5.32 Å². The molecule has 3 unspecified atom stereocenters. The van der Waals surface area contributed by atoms with Crippen LogP contribution in [0.1, 0.15) is 25.8 Å². The molecule has 1 aromatic carbocycles. The Balaban J connectivity index is 1.91. The van der Waals surface area contributed by atoms with Crippen LogP contribution in [0.5, 0.6) is 0 Å². The van der Waals surface area contributed by atoms with Gasteiger partial charge in [-0.3, -0.25) is 0 Å². The summed E-state index contributed by atoms with van der Waals surface area (Å²) in [5, 5.41) is 11.8. The molecular formula is C15H19NO4. The van der Waals surface area contributed by atoms with Crippen LogP contribution in [0.3, 0.4) is 0 Å². The second-order valence-electron chi connectivity index (χ2n) is 5.51. The molecule has 20 heavy (non-hydrogen) atoms. The maximum atomic E-state index is 11.8. The van der Waals surface area contributed by atoms with Crippen molar-refractivity contribution in [2.45, 2.75) is 32.4 Å². The van der Waals surface area contributed by atoms with Crippen LogP contribution in [-0.4, -0.2) is 22.7 Å². The van der Waals surface area contributed by atoms with Crippen molar-refractivity contribution in [1.82, 2.24) is 5.32 Å². The average Bonchev–Trinajstić information content (AvgIpc) is 3.15. The van der Waals surface area contributed by atoms with Gasteiger partial charge in [0.05, 0.1) is 0 Å². The number of hydrogen-bond acceptors (Lipinski definition) is 3. The summed E-state index contributed by atoms with van der Waals surface area (Å²) in [6, 6.07) is 9.26. The Kier molecular flexibility index (Phi) is 3.97.